The third-order valence-electron chi connectivity index (χ3n) is 5.22. The molecule has 10 heteroatoms. The lowest BCUT2D eigenvalue weighted by Crippen LogP contribution is -2.40. The number of hydrogen-bond acceptors (Lipinski definition) is 6. The Hall–Kier alpha value is -3.79. The van der Waals surface area contributed by atoms with E-state index >= 15 is 0 Å². The van der Waals surface area contributed by atoms with Gasteiger partial charge in [-0.2, -0.15) is 0 Å². The summed E-state index contributed by atoms with van der Waals surface area (Å²) >= 11 is 0. The maximum absolute atomic E-state index is 13.5. The van der Waals surface area contributed by atoms with Gasteiger partial charge in [0.15, 0.2) is 11.5 Å². The minimum Gasteiger partial charge on any atom is -0.493 e. The standard InChI is InChI=1S/C25H27FN2O6S/c1-17-5-11-21(12-6-17)35(30,31)28(20-9-7-19(26)8-10-20)16-24(29)27-15-18-13-22(32-2)25(34-4)23(14-18)33-3/h5-14H,15-16H2,1-4H3,(H,27,29). The van der Waals surface area contributed by atoms with Crippen molar-refractivity contribution in [2.45, 2.75) is 18.4 Å². The van der Waals surface area contributed by atoms with E-state index in [4.69, 9.17) is 14.2 Å². The van der Waals surface area contributed by atoms with E-state index in [0.717, 1.165) is 22.0 Å². The van der Waals surface area contributed by atoms with Crippen molar-refractivity contribution in [3.8, 4) is 17.2 Å². The van der Waals surface area contributed by atoms with Crippen LogP contribution in [0.1, 0.15) is 11.1 Å². The van der Waals surface area contributed by atoms with Crippen molar-refractivity contribution < 1.29 is 31.8 Å². The van der Waals surface area contributed by atoms with Gasteiger partial charge in [-0.3, -0.25) is 9.10 Å². The largest absolute Gasteiger partial charge is 0.493 e. The molecule has 0 fully saturated rings. The molecule has 0 saturated heterocycles. The minimum atomic E-state index is -4.10. The van der Waals surface area contributed by atoms with Crippen LogP contribution in [0.15, 0.2) is 65.6 Å². The highest BCUT2D eigenvalue weighted by molar-refractivity contribution is 7.92. The van der Waals surface area contributed by atoms with Gasteiger partial charge in [0.1, 0.15) is 12.4 Å². The number of methoxy groups -OCH3 is 3. The van der Waals surface area contributed by atoms with Gasteiger partial charge in [0.05, 0.1) is 31.9 Å². The van der Waals surface area contributed by atoms with Crippen LogP contribution in [0.25, 0.3) is 0 Å². The summed E-state index contributed by atoms with van der Waals surface area (Å²) < 4.78 is 57.1. The summed E-state index contributed by atoms with van der Waals surface area (Å²) in [7, 11) is 0.352. The van der Waals surface area contributed by atoms with Crippen molar-refractivity contribution in [1.82, 2.24) is 5.32 Å². The molecule has 3 aromatic rings. The molecule has 0 saturated carbocycles. The van der Waals surface area contributed by atoms with Crippen LogP contribution in [-0.4, -0.2) is 42.2 Å². The molecule has 0 unspecified atom stereocenters. The van der Waals surface area contributed by atoms with E-state index in [-0.39, 0.29) is 17.1 Å². The fourth-order valence-electron chi connectivity index (χ4n) is 3.38. The second-order valence-corrected chi connectivity index (χ2v) is 9.47. The number of sulfonamides is 1. The summed E-state index contributed by atoms with van der Waals surface area (Å²) in [6.45, 7) is 1.41. The van der Waals surface area contributed by atoms with Crippen LogP contribution in [0.4, 0.5) is 10.1 Å². The summed E-state index contributed by atoms with van der Waals surface area (Å²) in [6.07, 6.45) is 0. The molecular weight excluding hydrogens is 475 g/mol. The van der Waals surface area contributed by atoms with Crippen LogP contribution in [0.2, 0.25) is 0 Å². The highest BCUT2D eigenvalue weighted by Gasteiger charge is 2.27. The number of anilines is 1. The number of hydrogen-bond donors (Lipinski definition) is 1. The number of ether oxygens (including phenoxy) is 3. The summed E-state index contributed by atoms with van der Waals surface area (Å²) in [5.41, 5.74) is 1.71. The van der Waals surface area contributed by atoms with E-state index in [1.54, 1.807) is 24.3 Å². The van der Waals surface area contributed by atoms with E-state index in [2.05, 4.69) is 5.32 Å². The number of carbonyl (C=O) groups excluding carboxylic acids is 1. The molecule has 3 aromatic carbocycles. The zero-order valence-corrected chi connectivity index (χ0v) is 20.7. The van der Waals surface area contributed by atoms with E-state index in [0.29, 0.717) is 22.8 Å². The SMILES string of the molecule is COc1cc(CNC(=O)CN(c2ccc(F)cc2)S(=O)(=O)c2ccc(C)cc2)cc(OC)c1OC. The van der Waals surface area contributed by atoms with E-state index in [1.165, 1.54) is 45.6 Å². The molecule has 0 aromatic heterocycles. The fourth-order valence-corrected chi connectivity index (χ4v) is 4.81. The first-order chi connectivity index (χ1) is 16.7. The zero-order chi connectivity index (χ0) is 25.6. The Kier molecular flexibility index (Phi) is 8.18. The molecule has 0 bridgehead atoms. The van der Waals surface area contributed by atoms with Gasteiger partial charge >= 0.3 is 0 Å². The molecule has 8 nitrogen and oxygen atoms in total. The van der Waals surface area contributed by atoms with Gasteiger partial charge in [0.25, 0.3) is 10.0 Å². The second-order valence-electron chi connectivity index (χ2n) is 7.61. The first-order valence-electron chi connectivity index (χ1n) is 10.6. The fraction of sp³-hybridized carbons (Fsp3) is 0.240. The van der Waals surface area contributed by atoms with Crippen LogP contribution < -0.4 is 23.8 Å². The van der Waals surface area contributed by atoms with Crippen LogP contribution in [0, 0.1) is 12.7 Å². The Morgan fingerprint density at radius 3 is 2.00 bits per heavy atom. The molecule has 1 amide bonds. The van der Waals surface area contributed by atoms with E-state index in [9.17, 15) is 17.6 Å². The van der Waals surface area contributed by atoms with Crippen LogP contribution in [-0.2, 0) is 21.4 Å². The van der Waals surface area contributed by atoms with Gasteiger partial charge in [-0.1, -0.05) is 17.7 Å². The summed E-state index contributed by atoms with van der Waals surface area (Å²) in [6, 6.07) is 14.5. The van der Waals surface area contributed by atoms with Gasteiger partial charge in [-0.05, 0) is 61.0 Å². The summed E-state index contributed by atoms with van der Waals surface area (Å²) in [5.74, 6) is 0.181. The highest BCUT2D eigenvalue weighted by atomic mass is 32.2. The van der Waals surface area contributed by atoms with Crippen LogP contribution in [0.5, 0.6) is 17.2 Å². The number of halogens is 1. The average molecular weight is 503 g/mol. The predicted octanol–water partition coefficient (Wildman–Crippen LogP) is 3.67. The molecule has 35 heavy (non-hydrogen) atoms. The molecule has 1 N–H and O–H groups in total. The van der Waals surface area contributed by atoms with Crippen molar-refractivity contribution in [2.75, 3.05) is 32.2 Å². The molecule has 0 aliphatic carbocycles. The number of carbonyl (C=O) groups is 1. The van der Waals surface area contributed by atoms with Crippen LogP contribution >= 0.6 is 0 Å². The van der Waals surface area contributed by atoms with Crippen molar-refractivity contribution in [3.63, 3.8) is 0 Å². The van der Waals surface area contributed by atoms with E-state index < -0.39 is 28.3 Å². The molecule has 0 spiro atoms. The first kappa shape index (κ1) is 25.8. The Morgan fingerprint density at radius 2 is 1.49 bits per heavy atom. The Balaban J connectivity index is 1.85. The number of nitrogens with one attached hydrogen (secondary N) is 1. The predicted molar refractivity (Wildman–Crippen MR) is 130 cm³/mol. The lowest BCUT2D eigenvalue weighted by Gasteiger charge is -2.24. The Morgan fingerprint density at radius 1 is 0.914 bits per heavy atom. The maximum atomic E-state index is 13.5. The van der Waals surface area contributed by atoms with Gasteiger partial charge in [-0.15, -0.1) is 0 Å². The Labute approximate surface area is 204 Å². The van der Waals surface area contributed by atoms with E-state index in [1.807, 2.05) is 6.92 Å². The summed E-state index contributed by atoms with van der Waals surface area (Å²) in [5, 5.41) is 2.71. The quantitative estimate of drug-likeness (QED) is 0.455. The second kappa shape index (κ2) is 11.1. The third kappa shape index (κ3) is 6.02. The third-order valence-corrected chi connectivity index (χ3v) is 7.01. The van der Waals surface area contributed by atoms with Crippen molar-refractivity contribution in [1.29, 1.82) is 0 Å². The minimum absolute atomic E-state index is 0.0184. The molecule has 0 aliphatic rings. The molecule has 0 heterocycles. The number of nitrogens with zero attached hydrogens (tertiary/aromatic N) is 1. The Bertz CT molecular complexity index is 1250. The lowest BCUT2D eigenvalue weighted by molar-refractivity contribution is -0.119. The zero-order valence-electron chi connectivity index (χ0n) is 19.9. The normalized spacial score (nSPS) is 11.0. The summed E-state index contributed by atoms with van der Waals surface area (Å²) in [4.78, 5) is 12.9. The number of benzene rings is 3. The van der Waals surface area contributed by atoms with Crippen molar-refractivity contribution in [3.05, 3.63) is 77.6 Å². The van der Waals surface area contributed by atoms with Gasteiger partial charge < -0.3 is 19.5 Å². The first-order valence-corrected chi connectivity index (χ1v) is 12.0. The molecular formula is C25H27FN2O6S. The van der Waals surface area contributed by atoms with Crippen molar-refractivity contribution >= 4 is 21.6 Å². The highest BCUT2D eigenvalue weighted by Crippen LogP contribution is 2.38. The monoisotopic (exact) mass is 502 g/mol. The molecule has 3 rings (SSSR count). The number of amides is 1. The number of rotatable bonds is 10. The van der Waals surface area contributed by atoms with Crippen LogP contribution in [0.3, 0.4) is 0 Å². The molecule has 0 aliphatic heterocycles. The molecule has 0 atom stereocenters. The smallest absolute Gasteiger partial charge is 0.264 e. The van der Waals surface area contributed by atoms with Gasteiger partial charge in [0, 0.05) is 6.54 Å². The lowest BCUT2D eigenvalue weighted by atomic mass is 10.1. The van der Waals surface area contributed by atoms with Gasteiger partial charge in [-0.25, -0.2) is 12.8 Å². The molecule has 0 radical (unpaired) electrons. The number of aryl methyl sites for hydroxylation is 1. The average Bonchev–Trinajstić information content (AvgIpc) is 2.86. The van der Waals surface area contributed by atoms with Crippen molar-refractivity contribution in [2.24, 2.45) is 0 Å². The topological polar surface area (TPSA) is 94.2 Å². The molecule has 186 valence electrons. The van der Waals surface area contributed by atoms with Gasteiger partial charge in [0.2, 0.25) is 11.7 Å². The maximum Gasteiger partial charge on any atom is 0.264 e.